The van der Waals surface area contributed by atoms with Crippen LogP contribution >= 0.6 is 11.8 Å². The van der Waals surface area contributed by atoms with Crippen LogP contribution in [0.1, 0.15) is 11.1 Å². The van der Waals surface area contributed by atoms with Crippen molar-refractivity contribution in [1.29, 1.82) is 0 Å². The molecule has 2 N–H and O–H groups in total. The van der Waals surface area contributed by atoms with E-state index in [1.807, 2.05) is 36.4 Å². The van der Waals surface area contributed by atoms with E-state index in [1.165, 1.54) is 22.9 Å². The highest BCUT2D eigenvalue weighted by molar-refractivity contribution is 8.00. The number of ether oxygens (including phenoxy) is 1. The van der Waals surface area contributed by atoms with Crippen LogP contribution < -0.4 is 10.1 Å². The minimum Gasteiger partial charge on any atom is -0.496 e. The molecule has 0 aromatic heterocycles. The van der Waals surface area contributed by atoms with Gasteiger partial charge in [-0.1, -0.05) is 30.3 Å². The minimum atomic E-state index is -0.812. The van der Waals surface area contributed by atoms with E-state index < -0.39 is 5.97 Å². The molecule has 3 rings (SSSR count). The summed E-state index contributed by atoms with van der Waals surface area (Å²) in [7, 11) is 1.68. The van der Waals surface area contributed by atoms with Gasteiger partial charge in [-0.15, -0.1) is 11.8 Å². The third-order valence-corrected chi connectivity index (χ3v) is 5.43. The first-order valence-corrected chi connectivity index (χ1v) is 9.97. The van der Waals surface area contributed by atoms with Gasteiger partial charge in [0, 0.05) is 22.7 Å². The molecule has 0 aliphatic rings. The summed E-state index contributed by atoms with van der Waals surface area (Å²) in [6.45, 7) is 2.74. The Labute approximate surface area is 169 Å². The molecule has 0 amide bonds. The van der Waals surface area contributed by atoms with E-state index in [4.69, 9.17) is 9.84 Å². The fourth-order valence-electron chi connectivity index (χ4n) is 2.99. The predicted octanol–water partition coefficient (Wildman–Crippen LogP) is 5.46. The summed E-state index contributed by atoms with van der Waals surface area (Å²) >= 11 is 1.31. The van der Waals surface area contributed by atoms with Crippen LogP contribution in [0.4, 0.5) is 5.69 Å². The lowest BCUT2D eigenvalue weighted by molar-refractivity contribution is -0.133. The van der Waals surface area contributed by atoms with Crippen molar-refractivity contribution in [2.24, 2.45) is 0 Å². The average Bonchev–Trinajstić information content (AvgIpc) is 2.71. The molecule has 0 radical (unpaired) electrons. The number of anilines is 1. The van der Waals surface area contributed by atoms with Gasteiger partial charge in [-0.05, 0) is 60.0 Å². The van der Waals surface area contributed by atoms with Gasteiger partial charge >= 0.3 is 5.97 Å². The summed E-state index contributed by atoms with van der Waals surface area (Å²) in [6, 6.07) is 22.4. The van der Waals surface area contributed by atoms with E-state index in [0.717, 1.165) is 27.5 Å². The van der Waals surface area contributed by atoms with Gasteiger partial charge < -0.3 is 15.2 Å². The third-order valence-electron chi connectivity index (χ3n) is 4.44. The van der Waals surface area contributed by atoms with Gasteiger partial charge in [0.05, 0.1) is 12.9 Å². The normalized spacial score (nSPS) is 10.5. The number of aryl methyl sites for hydroxylation is 1. The number of thioether (sulfide) groups is 1. The van der Waals surface area contributed by atoms with Crippen LogP contribution in [0.25, 0.3) is 11.1 Å². The molecule has 0 spiro atoms. The number of hydrogen-bond acceptors (Lipinski definition) is 4. The zero-order valence-electron chi connectivity index (χ0n) is 15.9. The van der Waals surface area contributed by atoms with E-state index in [1.54, 1.807) is 7.11 Å². The number of hydrogen-bond donors (Lipinski definition) is 2. The smallest absolute Gasteiger partial charge is 0.313 e. The van der Waals surface area contributed by atoms with E-state index in [9.17, 15) is 4.79 Å². The fraction of sp³-hybridized carbons (Fsp3) is 0.174. The Kier molecular flexibility index (Phi) is 6.61. The zero-order chi connectivity index (χ0) is 19.9. The molecule has 4 nitrogen and oxygen atoms in total. The van der Waals surface area contributed by atoms with Crippen molar-refractivity contribution in [3.63, 3.8) is 0 Å². The topological polar surface area (TPSA) is 58.6 Å². The van der Waals surface area contributed by atoms with Crippen molar-refractivity contribution in [1.82, 2.24) is 0 Å². The van der Waals surface area contributed by atoms with Crippen LogP contribution in [0.3, 0.4) is 0 Å². The Morgan fingerprint density at radius 2 is 1.82 bits per heavy atom. The fourth-order valence-corrected chi connectivity index (χ4v) is 3.61. The van der Waals surface area contributed by atoms with Crippen molar-refractivity contribution < 1.29 is 14.6 Å². The Balaban J connectivity index is 1.73. The van der Waals surface area contributed by atoms with Gasteiger partial charge in [-0.25, -0.2) is 0 Å². The molecule has 0 bridgehead atoms. The standard InChI is InChI=1S/C23H23NO3S/c1-16-5-3-4-6-21(16)17-7-12-22(27-2)18(13-17)14-24-19-8-10-20(11-9-19)28-15-23(25)26/h3-13,24H,14-15H2,1-2H3,(H,25,26). The van der Waals surface area contributed by atoms with Crippen molar-refractivity contribution in [2.75, 3.05) is 18.2 Å². The van der Waals surface area contributed by atoms with E-state index in [-0.39, 0.29) is 5.75 Å². The molecule has 5 heteroatoms. The van der Waals surface area contributed by atoms with Crippen molar-refractivity contribution in [2.45, 2.75) is 18.4 Å². The Morgan fingerprint density at radius 3 is 2.50 bits per heavy atom. The highest BCUT2D eigenvalue weighted by atomic mass is 32.2. The number of carboxylic acids is 1. The lowest BCUT2D eigenvalue weighted by atomic mass is 9.98. The number of carboxylic acid groups (broad SMARTS) is 1. The number of benzene rings is 3. The second-order valence-electron chi connectivity index (χ2n) is 6.40. The van der Waals surface area contributed by atoms with Crippen LogP contribution in [-0.2, 0) is 11.3 Å². The van der Waals surface area contributed by atoms with E-state index >= 15 is 0 Å². The van der Waals surface area contributed by atoms with E-state index in [0.29, 0.717) is 6.54 Å². The van der Waals surface area contributed by atoms with Crippen LogP contribution in [-0.4, -0.2) is 23.9 Å². The number of carbonyl (C=O) groups is 1. The third kappa shape index (κ3) is 5.08. The molecular weight excluding hydrogens is 370 g/mol. The first-order chi connectivity index (χ1) is 13.6. The maximum Gasteiger partial charge on any atom is 0.313 e. The van der Waals surface area contributed by atoms with Gasteiger partial charge in [0.2, 0.25) is 0 Å². The molecule has 0 atom stereocenters. The molecule has 28 heavy (non-hydrogen) atoms. The van der Waals surface area contributed by atoms with Gasteiger partial charge in [0.15, 0.2) is 0 Å². The Bertz CT molecular complexity index is 954. The van der Waals surface area contributed by atoms with Crippen LogP contribution in [0.2, 0.25) is 0 Å². The molecule has 0 aliphatic carbocycles. The highest BCUT2D eigenvalue weighted by Gasteiger charge is 2.08. The SMILES string of the molecule is COc1ccc(-c2ccccc2C)cc1CNc1ccc(SCC(=O)O)cc1. The molecule has 0 saturated heterocycles. The Morgan fingerprint density at radius 1 is 1.07 bits per heavy atom. The zero-order valence-corrected chi connectivity index (χ0v) is 16.8. The predicted molar refractivity (Wildman–Crippen MR) is 115 cm³/mol. The molecule has 0 unspecified atom stereocenters. The lowest BCUT2D eigenvalue weighted by Gasteiger charge is -2.14. The largest absolute Gasteiger partial charge is 0.496 e. The molecule has 3 aromatic carbocycles. The van der Waals surface area contributed by atoms with Crippen molar-refractivity contribution >= 4 is 23.4 Å². The van der Waals surface area contributed by atoms with Crippen LogP contribution in [0.15, 0.2) is 71.6 Å². The summed E-state index contributed by atoms with van der Waals surface area (Å²) in [5.74, 6) is 0.0988. The molecule has 0 fully saturated rings. The first-order valence-electron chi connectivity index (χ1n) is 8.98. The second-order valence-corrected chi connectivity index (χ2v) is 7.45. The summed E-state index contributed by atoms with van der Waals surface area (Å²) in [4.78, 5) is 11.6. The minimum absolute atomic E-state index is 0.0651. The summed E-state index contributed by atoms with van der Waals surface area (Å²) < 4.78 is 5.53. The second kappa shape index (κ2) is 9.33. The monoisotopic (exact) mass is 393 g/mol. The molecular formula is C23H23NO3S. The molecule has 0 saturated carbocycles. The Hall–Kier alpha value is -2.92. The lowest BCUT2D eigenvalue weighted by Crippen LogP contribution is -2.02. The maximum absolute atomic E-state index is 10.7. The maximum atomic E-state index is 10.7. The first kappa shape index (κ1) is 19.8. The molecule has 0 aliphatic heterocycles. The van der Waals surface area contributed by atoms with Gasteiger partial charge in [-0.3, -0.25) is 4.79 Å². The van der Waals surface area contributed by atoms with Gasteiger partial charge in [0.1, 0.15) is 5.75 Å². The summed E-state index contributed by atoms with van der Waals surface area (Å²) in [5.41, 5.74) is 5.67. The summed E-state index contributed by atoms with van der Waals surface area (Å²) in [6.07, 6.45) is 0. The van der Waals surface area contributed by atoms with Crippen LogP contribution in [0, 0.1) is 6.92 Å². The molecule has 144 valence electrons. The number of rotatable bonds is 8. The number of methoxy groups -OCH3 is 1. The van der Waals surface area contributed by atoms with Crippen molar-refractivity contribution in [3.05, 3.63) is 77.9 Å². The molecule has 3 aromatic rings. The van der Waals surface area contributed by atoms with Crippen LogP contribution in [0.5, 0.6) is 5.75 Å². The van der Waals surface area contributed by atoms with Crippen molar-refractivity contribution in [3.8, 4) is 16.9 Å². The summed E-state index contributed by atoms with van der Waals surface area (Å²) in [5, 5.41) is 12.2. The highest BCUT2D eigenvalue weighted by Crippen LogP contribution is 2.29. The number of nitrogens with one attached hydrogen (secondary N) is 1. The van der Waals surface area contributed by atoms with Gasteiger partial charge in [0.25, 0.3) is 0 Å². The quantitative estimate of drug-likeness (QED) is 0.498. The van der Waals surface area contributed by atoms with E-state index in [2.05, 4.69) is 42.6 Å². The number of aliphatic carboxylic acids is 1. The van der Waals surface area contributed by atoms with Gasteiger partial charge in [-0.2, -0.15) is 0 Å². The average molecular weight is 394 g/mol. The molecule has 0 heterocycles.